The van der Waals surface area contributed by atoms with Crippen molar-refractivity contribution in [3.05, 3.63) is 84.8 Å². The van der Waals surface area contributed by atoms with E-state index in [1.54, 1.807) is 6.26 Å². The molecule has 0 bridgehead atoms. The molecule has 0 atom stereocenters. The maximum absolute atomic E-state index is 5.66. The minimum atomic E-state index is 0.831. The minimum absolute atomic E-state index is 0.831. The SMILES string of the molecule is N/C=C\c1coc2ccc(-n3c4ccccc4n4c5ccccc5nc34)cc12. The van der Waals surface area contributed by atoms with E-state index in [1.807, 2.05) is 30.3 Å². The molecule has 0 amide bonds. The molecule has 6 rings (SSSR count). The molecule has 134 valence electrons. The van der Waals surface area contributed by atoms with Crippen LogP contribution in [0.2, 0.25) is 0 Å². The summed E-state index contributed by atoms with van der Waals surface area (Å²) >= 11 is 0. The smallest absolute Gasteiger partial charge is 0.220 e. The zero-order chi connectivity index (χ0) is 18.7. The van der Waals surface area contributed by atoms with Crippen molar-refractivity contribution in [2.45, 2.75) is 0 Å². The van der Waals surface area contributed by atoms with Crippen molar-refractivity contribution < 1.29 is 4.42 Å². The van der Waals surface area contributed by atoms with Gasteiger partial charge in [0.05, 0.1) is 34.0 Å². The molecular weight excluding hydrogens is 348 g/mol. The first-order chi connectivity index (χ1) is 13.8. The first-order valence-corrected chi connectivity index (χ1v) is 9.12. The molecule has 0 aliphatic carbocycles. The van der Waals surface area contributed by atoms with E-state index in [4.69, 9.17) is 15.1 Å². The lowest BCUT2D eigenvalue weighted by Gasteiger charge is -2.05. The van der Waals surface area contributed by atoms with E-state index in [2.05, 4.69) is 51.4 Å². The molecule has 5 heteroatoms. The standard InChI is InChI=1S/C23H16N4O/c24-12-11-15-14-28-22-10-9-16(13-17(15)22)26-20-7-3-4-8-21(20)27-19-6-2-1-5-18(19)25-23(26)27/h1-14H,24H2/b12-11-. The quantitative estimate of drug-likeness (QED) is 0.464. The molecule has 28 heavy (non-hydrogen) atoms. The van der Waals surface area contributed by atoms with E-state index in [0.717, 1.165) is 50.1 Å². The van der Waals surface area contributed by atoms with E-state index in [9.17, 15) is 0 Å². The van der Waals surface area contributed by atoms with Crippen LogP contribution < -0.4 is 5.73 Å². The Bertz CT molecular complexity index is 1530. The molecule has 0 aliphatic rings. The maximum atomic E-state index is 5.66. The molecule has 0 aliphatic heterocycles. The lowest BCUT2D eigenvalue weighted by atomic mass is 10.1. The number of benzene rings is 3. The third-order valence-corrected chi connectivity index (χ3v) is 5.23. The Morgan fingerprint density at radius 3 is 2.54 bits per heavy atom. The Balaban J connectivity index is 1.76. The predicted octanol–water partition coefficient (Wildman–Crippen LogP) is 5.11. The van der Waals surface area contributed by atoms with Crippen molar-refractivity contribution in [2.24, 2.45) is 5.73 Å². The number of fused-ring (bicyclic) bond motifs is 6. The number of imidazole rings is 2. The Labute approximate surface area is 159 Å². The van der Waals surface area contributed by atoms with Crippen molar-refractivity contribution >= 4 is 44.9 Å². The molecule has 5 nitrogen and oxygen atoms in total. The van der Waals surface area contributed by atoms with Crippen LogP contribution in [0.3, 0.4) is 0 Å². The lowest BCUT2D eigenvalue weighted by Crippen LogP contribution is -1.95. The molecule has 3 aromatic carbocycles. The second kappa shape index (κ2) is 5.50. The second-order valence-electron chi connectivity index (χ2n) is 6.79. The third kappa shape index (κ3) is 1.93. The predicted molar refractivity (Wildman–Crippen MR) is 113 cm³/mol. The number of furan rings is 1. The highest BCUT2D eigenvalue weighted by atomic mass is 16.3. The third-order valence-electron chi connectivity index (χ3n) is 5.23. The van der Waals surface area contributed by atoms with E-state index < -0.39 is 0 Å². The molecule has 0 unspecified atom stereocenters. The van der Waals surface area contributed by atoms with Gasteiger partial charge in [0.1, 0.15) is 5.58 Å². The Morgan fingerprint density at radius 2 is 1.68 bits per heavy atom. The first-order valence-electron chi connectivity index (χ1n) is 9.12. The summed E-state index contributed by atoms with van der Waals surface area (Å²) in [5.41, 5.74) is 12.7. The highest BCUT2D eigenvalue weighted by molar-refractivity contribution is 5.94. The molecule has 3 heterocycles. The largest absolute Gasteiger partial charge is 0.464 e. The monoisotopic (exact) mass is 364 g/mol. The molecule has 0 saturated carbocycles. The van der Waals surface area contributed by atoms with Gasteiger partial charge in [0.15, 0.2) is 0 Å². The fourth-order valence-corrected chi connectivity index (χ4v) is 4.01. The van der Waals surface area contributed by atoms with E-state index >= 15 is 0 Å². The minimum Gasteiger partial charge on any atom is -0.464 e. The van der Waals surface area contributed by atoms with Crippen LogP contribution in [-0.4, -0.2) is 14.0 Å². The van der Waals surface area contributed by atoms with Crippen LogP contribution in [0.1, 0.15) is 5.56 Å². The molecule has 0 spiro atoms. The van der Waals surface area contributed by atoms with E-state index in [-0.39, 0.29) is 0 Å². The molecule has 0 fully saturated rings. The van der Waals surface area contributed by atoms with Gasteiger partial charge in [-0.2, -0.15) is 0 Å². The fourth-order valence-electron chi connectivity index (χ4n) is 4.01. The second-order valence-corrected chi connectivity index (χ2v) is 6.79. The zero-order valence-electron chi connectivity index (χ0n) is 14.9. The first kappa shape index (κ1) is 15.1. The Kier molecular flexibility index (Phi) is 2.97. The normalized spacial score (nSPS) is 12.3. The van der Waals surface area contributed by atoms with Crippen LogP contribution in [0.25, 0.3) is 50.6 Å². The maximum Gasteiger partial charge on any atom is 0.220 e. The molecule has 3 aromatic heterocycles. The number of nitrogens with two attached hydrogens (primary N) is 1. The van der Waals surface area contributed by atoms with Crippen LogP contribution in [0.15, 0.2) is 83.6 Å². The van der Waals surface area contributed by atoms with Crippen LogP contribution in [0.4, 0.5) is 0 Å². The molecule has 0 saturated heterocycles. The number of hydrogen-bond acceptors (Lipinski definition) is 3. The Morgan fingerprint density at radius 1 is 0.893 bits per heavy atom. The van der Waals surface area contributed by atoms with Crippen molar-refractivity contribution in [1.29, 1.82) is 0 Å². The summed E-state index contributed by atoms with van der Waals surface area (Å²) in [4.78, 5) is 4.92. The van der Waals surface area contributed by atoms with Crippen molar-refractivity contribution in [3.63, 3.8) is 0 Å². The fraction of sp³-hybridized carbons (Fsp3) is 0. The highest BCUT2D eigenvalue weighted by Crippen LogP contribution is 2.31. The van der Waals surface area contributed by atoms with Crippen LogP contribution >= 0.6 is 0 Å². The number of rotatable bonds is 2. The summed E-state index contributed by atoms with van der Waals surface area (Å²) in [6.07, 6.45) is 5.11. The van der Waals surface area contributed by atoms with Gasteiger partial charge in [-0.3, -0.25) is 8.97 Å². The summed E-state index contributed by atoms with van der Waals surface area (Å²) in [5.74, 6) is 0.890. The average Bonchev–Trinajstić information content (AvgIpc) is 3.39. The topological polar surface area (TPSA) is 61.4 Å². The zero-order valence-corrected chi connectivity index (χ0v) is 14.9. The van der Waals surface area contributed by atoms with Gasteiger partial charge in [-0.05, 0) is 54.7 Å². The van der Waals surface area contributed by atoms with Crippen LogP contribution in [0.5, 0.6) is 0 Å². The summed E-state index contributed by atoms with van der Waals surface area (Å²) in [6, 6.07) is 22.8. The molecule has 6 aromatic rings. The van der Waals surface area contributed by atoms with Crippen molar-refractivity contribution in [3.8, 4) is 5.69 Å². The van der Waals surface area contributed by atoms with E-state index in [1.165, 1.54) is 6.20 Å². The number of para-hydroxylation sites is 4. The number of aromatic nitrogens is 3. The molecular formula is C23H16N4O. The van der Waals surface area contributed by atoms with Gasteiger partial charge in [0.2, 0.25) is 5.78 Å². The van der Waals surface area contributed by atoms with Gasteiger partial charge in [-0.1, -0.05) is 24.3 Å². The molecule has 0 radical (unpaired) electrons. The lowest BCUT2D eigenvalue weighted by molar-refractivity contribution is 0.615. The summed E-state index contributed by atoms with van der Waals surface area (Å²) < 4.78 is 10.1. The van der Waals surface area contributed by atoms with Gasteiger partial charge in [0, 0.05) is 10.9 Å². The Hall–Kier alpha value is -3.99. The highest BCUT2D eigenvalue weighted by Gasteiger charge is 2.17. The number of hydrogen-bond donors (Lipinski definition) is 1. The van der Waals surface area contributed by atoms with E-state index in [0.29, 0.717) is 0 Å². The van der Waals surface area contributed by atoms with Gasteiger partial charge in [-0.15, -0.1) is 0 Å². The van der Waals surface area contributed by atoms with Gasteiger partial charge < -0.3 is 10.2 Å². The van der Waals surface area contributed by atoms with Gasteiger partial charge in [0.25, 0.3) is 0 Å². The van der Waals surface area contributed by atoms with Gasteiger partial charge >= 0.3 is 0 Å². The summed E-state index contributed by atoms with van der Waals surface area (Å²) in [6.45, 7) is 0. The summed E-state index contributed by atoms with van der Waals surface area (Å²) in [5, 5.41) is 1.02. The van der Waals surface area contributed by atoms with Crippen LogP contribution in [0, 0.1) is 0 Å². The van der Waals surface area contributed by atoms with Gasteiger partial charge in [-0.25, -0.2) is 4.98 Å². The summed E-state index contributed by atoms with van der Waals surface area (Å²) in [7, 11) is 0. The van der Waals surface area contributed by atoms with Crippen molar-refractivity contribution in [1.82, 2.24) is 14.0 Å². The molecule has 2 N–H and O–H groups in total. The average molecular weight is 364 g/mol. The van der Waals surface area contributed by atoms with Crippen molar-refractivity contribution in [2.75, 3.05) is 0 Å². The van der Waals surface area contributed by atoms with Crippen LogP contribution in [-0.2, 0) is 0 Å². The number of nitrogens with zero attached hydrogens (tertiary/aromatic N) is 3.